The first-order valence-corrected chi connectivity index (χ1v) is 6.20. The summed E-state index contributed by atoms with van der Waals surface area (Å²) in [7, 11) is 1.69. The minimum atomic E-state index is -0.553. The lowest BCUT2D eigenvalue weighted by atomic mass is 9.85. The lowest BCUT2D eigenvalue weighted by Crippen LogP contribution is -2.43. The van der Waals surface area contributed by atoms with Gasteiger partial charge in [0, 0.05) is 6.42 Å². The topological polar surface area (TPSA) is 41.5 Å². The second-order valence-corrected chi connectivity index (χ2v) is 4.90. The van der Waals surface area contributed by atoms with Crippen LogP contribution in [0.5, 0.6) is 5.75 Å². The zero-order valence-corrected chi connectivity index (χ0v) is 10.6. The highest BCUT2D eigenvalue weighted by Crippen LogP contribution is 2.28. The molecule has 2 N–H and O–H groups in total. The van der Waals surface area contributed by atoms with Crippen LogP contribution in [-0.4, -0.2) is 30.9 Å². The van der Waals surface area contributed by atoms with E-state index in [9.17, 15) is 5.11 Å². The summed E-state index contributed by atoms with van der Waals surface area (Å²) in [5.74, 6) is 0.903. The van der Waals surface area contributed by atoms with Gasteiger partial charge in [0.15, 0.2) is 0 Å². The molecule has 1 aliphatic rings. The van der Waals surface area contributed by atoms with E-state index in [2.05, 4.69) is 18.3 Å². The van der Waals surface area contributed by atoms with E-state index in [4.69, 9.17) is 4.74 Å². The van der Waals surface area contributed by atoms with Crippen LogP contribution in [0.1, 0.15) is 24.0 Å². The molecular formula is C14H21NO2. The zero-order chi connectivity index (χ0) is 12.3. The van der Waals surface area contributed by atoms with Crippen LogP contribution in [0.15, 0.2) is 18.2 Å². The van der Waals surface area contributed by atoms with Crippen molar-refractivity contribution in [2.75, 3.05) is 20.2 Å². The van der Waals surface area contributed by atoms with Crippen LogP contribution in [0.3, 0.4) is 0 Å². The molecule has 0 bridgehead atoms. The molecule has 0 radical (unpaired) electrons. The molecule has 0 spiro atoms. The Bertz CT molecular complexity index is 384. The molecule has 1 aliphatic heterocycles. The highest BCUT2D eigenvalue weighted by molar-refractivity contribution is 5.39. The predicted molar refractivity (Wildman–Crippen MR) is 68.5 cm³/mol. The Hall–Kier alpha value is -1.06. The summed E-state index contributed by atoms with van der Waals surface area (Å²) >= 11 is 0. The Balaban J connectivity index is 2.17. The van der Waals surface area contributed by atoms with Crippen LogP contribution in [0.4, 0.5) is 0 Å². The molecular weight excluding hydrogens is 214 g/mol. The first-order valence-electron chi connectivity index (χ1n) is 6.20. The normalized spacial score (nSPS) is 19.0. The first kappa shape index (κ1) is 12.4. The van der Waals surface area contributed by atoms with Crippen molar-refractivity contribution in [3.63, 3.8) is 0 Å². The maximum absolute atomic E-state index is 10.5. The van der Waals surface area contributed by atoms with E-state index in [0.717, 1.165) is 43.7 Å². The molecule has 1 aromatic carbocycles. The minimum Gasteiger partial charge on any atom is -0.496 e. The number of methoxy groups -OCH3 is 1. The molecule has 3 heteroatoms. The fraction of sp³-hybridized carbons (Fsp3) is 0.571. The SMILES string of the molecule is COc1cccc(CC2(O)CCNCC2)c1C. The second-order valence-electron chi connectivity index (χ2n) is 4.90. The first-order chi connectivity index (χ1) is 8.14. The quantitative estimate of drug-likeness (QED) is 0.837. The van der Waals surface area contributed by atoms with Crippen molar-refractivity contribution in [1.82, 2.24) is 5.32 Å². The third-order valence-electron chi connectivity index (χ3n) is 3.67. The number of benzene rings is 1. The molecule has 0 aliphatic carbocycles. The molecule has 0 saturated carbocycles. The molecule has 0 amide bonds. The Labute approximate surface area is 103 Å². The Kier molecular flexibility index (Phi) is 3.69. The number of rotatable bonds is 3. The van der Waals surface area contributed by atoms with E-state index in [1.807, 2.05) is 12.1 Å². The van der Waals surface area contributed by atoms with E-state index in [0.29, 0.717) is 0 Å². The van der Waals surface area contributed by atoms with Crippen molar-refractivity contribution in [2.45, 2.75) is 31.8 Å². The molecule has 17 heavy (non-hydrogen) atoms. The van der Waals surface area contributed by atoms with Gasteiger partial charge in [0.25, 0.3) is 0 Å². The summed E-state index contributed by atoms with van der Waals surface area (Å²) in [4.78, 5) is 0. The average molecular weight is 235 g/mol. The van der Waals surface area contributed by atoms with Crippen LogP contribution in [0.25, 0.3) is 0 Å². The molecule has 94 valence electrons. The highest BCUT2D eigenvalue weighted by atomic mass is 16.5. The van der Waals surface area contributed by atoms with Crippen molar-refractivity contribution in [1.29, 1.82) is 0 Å². The number of hydrogen-bond acceptors (Lipinski definition) is 3. The Morgan fingerprint density at radius 1 is 1.35 bits per heavy atom. The van der Waals surface area contributed by atoms with E-state index in [-0.39, 0.29) is 0 Å². The van der Waals surface area contributed by atoms with Gasteiger partial charge in [0.2, 0.25) is 0 Å². The van der Waals surface area contributed by atoms with E-state index < -0.39 is 5.60 Å². The van der Waals surface area contributed by atoms with Crippen molar-refractivity contribution in [3.05, 3.63) is 29.3 Å². The van der Waals surface area contributed by atoms with Crippen molar-refractivity contribution >= 4 is 0 Å². The van der Waals surface area contributed by atoms with Gasteiger partial charge in [0.05, 0.1) is 12.7 Å². The van der Waals surface area contributed by atoms with Gasteiger partial charge in [-0.3, -0.25) is 0 Å². The minimum absolute atomic E-state index is 0.553. The number of hydrogen-bond donors (Lipinski definition) is 2. The zero-order valence-electron chi connectivity index (χ0n) is 10.6. The van der Waals surface area contributed by atoms with E-state index in [1.165, 1.54) is 5.56 Å². The Morgan fingerprint density at radius 3 is 2.71 bits per heavy atom. The molecule has 1 heterocycles. The third-order valence-corrected chi connectivity index (χ3v) is 3.67. The van der Waals surface area contributed by atoms with E-state index in [1.54, 1.807) is 7.11 Å². The van der Waals surface area contributed by atoms with Crippen LogP contribution >= 0.6 is 0 Å². The lowest BCUT2D eigenvalue weighted by Gasteiger charge is -2.33. The van der Waals surface area contributed by atoms with Crippen molar-refractivity contribution in [2.24, 2.45) is 0 Å². The highest BCUT2D eigenvalue weighted by Gasteiger charge is 2.29. The summed E-state index contributed by atoms with van der Waals surface area (Å²) < 4.78 is 5.31. The summed E-state index contributed by atoms with van der Waals surface area (Å²) in [6, 6.07) is 6.04. The van der Waals surface area contributed by atoms with Gasteiger partial charge in [-0.1, -0.05) is 12.1 Å². The van der Waals surface area contributed by atoms with Crippen LogP contribution in [0.2, 0.25) is 0 Å². The number of nitrogens with one attached hydrogen (secondary N) is 1. The van der Waals surface area contributed by atoms with Gasteiger partial charge in [-0.25, -0.2) is 0 Å². The van der Waals surface area contributed by atoms with Gasteiger partial charge in [-0.15, -0.1) is 0 Å². The largest absolute Gasteiger partial charge is 0.496 e. The van der Waals surface area contributed by atoms with Crippen LogP contribution < -0.4 is 10.1 Å². The molecule has 2 rings (SSSR count). The predicted octanol–water partition coefficient (Wildman–Crippen LogP) is 1.66. The maximum Gasteiger partial charge on any atom is 0.122 e. The van der Waals surface area contributed by atoms with Crippen molar-refractivity contribution < 1.29 is 9.84 Å². The summed E-state index contributed by atoms with van der Waals surface area (Å²) in [6.07, 6.45) is 2.37. The van der Waals surface area contributed by atoms with Crippen molar-refractivity contribution in [3.8, 4) is 5.75 Å². The van der Waals surface area contributed by atoms with Gasteiger partial charge in [0.1, 0.15) is 5.75 Å². The van der Waals surface area contributed by atoms with Gasteiger partial charge < -0.3 is 15.2 Å². The Morgan fingerprint density at radius 2 is 2.06 bits per heavy atom. The van der Waals surface area contributed by atoms with Crippen LogP contribution in [0, 0.1) is 6.92 Å². The summed E-state index contributed by atoms with van der Waals surface area (Å²) in [5.41, 5.74) is 1.78. The van der Waals surface area contributed by atoms with Gasteiger partial charge in [-0.2, -0.15) is 0 Å². The molecule has 1 fully saturated rings. The average Bonchev–Trinajstić information content (AvgIpc) is 2.32. The lowest BCUT2D eigenvalue weighted by molar-refractivity contribution is 0.0107. The van der Waals surface area contributed by atoms with Crippen LogP contribution in [-0.2, 0) is 6.42 Å². The molecule has 0 unspecified atom stereocenters. The smallest absolute Gasteiger partial charge is 0.122 e. The fourth-order valence-electron chi connectivity index (χ4n) is 2.50. The molecule has 3 nitrogen and oxygen atoms in total. The second kappa shape index (κ2) is 5.07. The van der Waals surface area contributed by atoms with Gasteiger partial charge in [-0.05, 0) is 50.0 Å². The van der Waals surface area contributed by atoms with E-state index >= 15 is 0 Å². The molecule has 1 aromatic rings. The molecule has 0 atom stereocenters. The third kappa shape index (κ3) is 2.79. The molecule has 0 aromatic heterocycles. The monoisotopic (exact) mass is 235 g/mol. The fourth-order valence-corrected chi connectivity index (χ4v) is 2.50. The maximum atomic E-state index is 10.5. The van der Waals surface area contributed by atoms with Gasteiger partial charge >= 0.3 is 0 Å². The number of aliphatic hydroxyl groups is 1. The standard InChI is InChI=1S/C14H21NO2/c1-11-12(4-3-5-13(11)17-2)10-14(16)6-8-15-9-7-14/h3-5,15-16H,6-10H2,1-2H3. The number of piperidine rings is 1. The number of ether oxygens (including phenoxy) is 1. The molecule has 1 saturated heterocycles. The summed E-state index contributed by atoms with van der Waals surface area (Å²) in [6.45, 7) is 3.86. The summed E-state index contributed by atoms with van der Waals surface area (Å²) in [5, 5.41) is 13.8.